The predicted molar refractivity (Wildman–Crippen MR) is 62.3 cm³/mol. The maximum atomic E-state index is 11.8. The zero-order valence-corrected chi connectivity index (χ0v) is 10.1. The van der Waals surface area contributed by atoms with Gasteiger partial charge in [0.25, 0.3) is 0 Å². The highest BCUT2D eigenvalue weighted by atomic mass is 16.6. The number of rotatable bonds is 1. The van der Waals surface area contributed by atoms with Gasteiger partial charge in [-0.1, -0.05) is 6.92 Å². The van der Waals surface area contributed by atoms with Crippen LogP contribution in [-0.4, -0.2) is 43.3 Å². The summed E-state index contributed by atoms with van der Waals surface area (Å²) in [7, 11) is 0. The van der Waals surface area contributed by atoms with E-state index in [0.717, 1.165) is 57.8 Å². The van der Waals surface area contributed by atoms with Gasteiger partial charge in [-0.15, -0.1) is 0 Å². The zero-order valence-electron chi connectivity index (χ0n) is 10.1. The summed E-state index contributed by atoms with van der Waals surface area (Å²) in [5.41, 5.74) is 0. The predicted octanol–water partition coefficient (Wildman–Crippen LogP) is 1.61. The zero-order chi connectivity index (χ0) is 11.4. The first-order valence-electron chi connectivity index (χ1n) is 6.42. The van der Waals surface area contributed by atoms with Crippen molar-refractivity contribution >= 4 is 6.09 Å². The number of likely N-dealkylation sites (tertiary alicyclic amines) is 1. The van der Waals surface area contributed by atoms with Crippen molar-refractivity contribution in [3.63, 3.8) is 0 Å². The van der Waals surface area contributed by atoms with Gasteiger partial charge in [-0.3, -0.25) is 0 Å². The van der Waals surface area contributed by atoms with E-state index in [4.69, 9.17) is 4.74 Å². The van der Waals surface area contributed by atoms with E-state index in [-0.39, 0.29) is 12.2 Å². The lowest BCUT2D eigenvalue weighted by Gasteiger charge is -2.32. The van der Waals surface area contributed by atoms with Crippen LogP contribution in [0.5, 0.6) is 0 Å². The molecule has 1 atom stereocenters. The van der Waals surface area contributed by atoms with Crippen LogP contribution < -0.4 is 5.32 Å². The van der Waals surface area contributed by atoms with Gasteiger partial charge in [-0.2, -0.15) is 0 Å². The Bertz CT molecular complexity index is 231. The van der Waals surface area contributed by atoms with E-state index < -0.39 is 0 Å². The molecule has 0 aromatic carbocycles. The van der Waals surface area contributed by atoms with Crippen molar-refractivity contribution in [2.24, 2.45) is 5.92 Å². The molecule has 2 fully saturated rings. The number of nitrogens with one attached hydrogen (secondary N) is 1. The number of hydrogen-bond donors (Lipinski definition) is 1. The summed E-state index contributed by atoms with van der Waals surface area (Å²) in [4.78, 5) is 13.7. The SMILES string of the molecule is CC1CCN(C(=O)O[C@H]2CCCNC2)CC1. The van der Waals surface area contributed by atoms with E-state index in [1.807, 2.05) is 4.90 Å². The lowest BCUT2D eigenvalue weighted by Crippen LogP contribution is -2.43. The number of nitrogens with zero attached hydrogens (tertiary/aromatic N) is 1. The van der Waals surface area contributed by atoms with Crippen LogP contribution in [0.4, 0.5) is 4.79 Å². The first kappa shape index (κ1) is 11.7. The van der Waals surface area contributed by atoms with Crippen molar-refractivity contribution in [3.05, 3.63) is 0 Å². The second-order valence-electron chi connectivity index (χ2n) is 5.02. The molecule has 16 heavy (non-hydrogen) atoms. The fourth-order valence-corrected chi connectivity index (χ4v) is 2.33. The summed E-state index contributed by atoms with van der Waals surface area (Å²) < 4.78 is 5.49. The van der Waals surface area contributed by atoms with Crippen molar-refractivity contribution in [2.75, 3.05) is 26.2 Å². The molecule has 4 nitrogen and oxygen atoms in total. The fourth-order valence-electron chi connectivity index (χ4n) is 2.33. The second kappa shape index (κ2) is 5.53. The third-order valence-electron chi connectivity index (χ3n) is 3.56. The van der Waals surface area contributed by atoms with Gasteiger partial charge in [-0.25, -0.2) is 4.79 Å². The maximum Gasteiger partial charge on any atom is 0.410 e. The standard InChI is InChI=1S/C12H22N2O2/c1-10-4-7-14(8-5-10)12(15)16-11-3-2-6-13-9-11/h10-11,13H,2-9H2,1H3/t11-/m0/s1. The quantitative estimate of drug-likeness (QED) is 0.738. The van der Waals surface area contributed by atoms with E-state index in [1.54, 1.807) is 0 Å². The van der Waals surface area contributed by atoms with Crippen molar-refractivity contribution in [1.82, 2.24) is 10.2 Å². The molecule has 0 unspecified atom stereocenters. The smallest absolute Gasteiger partial charge is 0.410 e. The first-order chi connectivity index (χ1) is 7.75. The largest absolute Gasteiger partial charge is 0.445 e. The van der Waals surface area contributed by atoms with Crippen molar-refractivity contribution in [3.8, 4) is 0 Å². The molecule has 0 saturated carbocycles. The van der Waals surface area contributed by atoms with Crippen LogP contribution in [0.25, 0.3) is 0 Å². The molecule has 2 heterocycles. The molecule has 4 heteroatoms. The summed E-state index contributed by atoms with van der Waals surface area (Å²) in [6.07, 6.45) is 4.30. The number of carbonyl (C=O) groups is 1. The van der Waals surface area contributed by atoms with Gasteiger partial charge in [-0.05, 0) is 38.1 Å². The Hall–Kier alpha value is -0.770. The molecule has 2 saturated heterocycles. The van der Waals surface area contributed by atoms with Gasteiger partial charge in [0.05, 0.1) is 0 Å². The Morgan fingerprint density at radius 1 is 1.31 bits per heavy atom. The monoisotopic (exact) mass is 226 g/mol. The summed E-state index contributed by atoms with van der Waals surface area (Å²) in [5, 5.41) is 3.25. The Morgan fingerprint density at radius 3 is 2.69 bits per heavy atom. The van der Waals surface area contributed by atoms with E-state index in [9.17, 15) is 4.79 Å². The molecule has 2 rings (SSSR count). The Morgan fingerprint density at radius 2 is 2.06 bits per heavy atom. The Kier molecular flexibility index (Phi) is 4.04. The lowest BCUT2D eigenvalue weighted by molar-refractivity contribution is 0.0440. The van der Waals surface area contributed by atoms with Gasteiger partial charge >= 0.3 is 6.09 Å². The average Bonchev–Trinajstić information content (AvgIpc) is 2.31. The Labute approximate surface area is 97.3 Å². The van der Waals surface area contributed by atoms with Crippen LogP contribution in [0.3, 0.4) is 0 Å². The third-order valence-corrected chi connectivity index (χ3v) is 3.56. The van der Waals surface area contributed by atoms with Crippen LogP contribution in [0.2, 0.25) is 0 Å². The van der Waals surface area contributed by atoms with Crippen molar-refractivity contribution in [2.45, 2.75) is 38.7 Å². The summed E-state index contributed by atoms with van der Waals surface area (Å²) in [6.45, 7) is 5.83. The van der Waals surface area contributed by atoms with Gasteiger partial charge in [0.15, 0.2) is 0 Å². The third kappa shape index (κ3) is 3.11. The number of amides is 1. The summed E-state index contributed by atoms with van der Waals surface area (Å²) in [5.74, 6) is 0.750. The molecule has 2 aliphatic rings. The van der Waals surface area contributed by atoms with E-state index >= 15 is 0 Å². The molecule has 0 aromatic heterocycles. The van der Waals surface area contributed by atoms with Gasteiger partial charge in [0, 0.05) is 19.6 Å². The van der Waals surface area contributed by atoms with Crippen LogP contribution >= 0.6 is 0 Å². The van der Waals surface area contributed by atoms with E-state index in [0.29, 0.717) is 0 Å². The van der Waals surface area contributed by atoms with Crippen LogP contribution in [0.1, 0.15) is 32.6 Å². The summed E-state index contributed by atoms with van der Waals surface area (Å²) >= 11 is 0. The number of hydrogen-bond acceptors (Lipinski definition) is 3. The number of piperidine rings is 2. The molecule has 0 bridgehead atoms. The minimum absolute atomic E-state index is 0.0839. The minimum Gasteiger partial charge on any atom is -0.445 e. The highest BCUT2D eigenvalue weighted by Crippen LogP contribution is 2.17. The molecule has 0 aromatic rings. The number of carbonyl (C=O) groups excluding carboxylic acids is 1. The molecular formula is C12H22N2O2. The molecule has 92 valence electrons. The fraction of sp³-hybridized carbons (Fsp3) is 0.917. The van der Waals surface area contributed by atoms with Crippen molar-refractivity contribution < 1.29 is 9.53 Å². The van der Waals surface area contributed by atoms with Crippen LogP contribution in [-0.2, 0) is 4.74 Å². The van der Waals surface area contributed by atoms with Gasteiger partial charge < -0.3 is 15.0 Å². The normalized spacial score (nSPS) is 27.8. The van der Waals surface area contributed by atoms with Crippen LogP contribution in [0.15, 0.2) is 0 Å². The molecule has 0 aliphatic carbocycles. The minimum atomic E-state index is -0.111. The molecule has 2 aliphatic heterocycles. The van der Waals surface area contributed by atoms with E-state index in [1.165, 1.54) is 0 Å². The summed E-state index contributed by atoms with van der Waals surface area (Å²) in [6, 6.07) is 0. The van der Waals surface area contributed by atoms with Crippen molar-refractivity contribution in [1.29, 1.82) is 0 Å². The molecule has 1 N–H and O–H groups in total. The maximum absolute atomic E-state index is 11.8. The van der Waals surface area contributed by atoms with Crippen LogP contribution in [0, 0.1) is 5.92 Å². The Balaban J connectivity index is 1.74. The topological polar surface area (TPSA) is 41.6 Å². The molecular weight excluding hydrogens is 204 g/mol. The molecule has 0 spiro atoms. The highest BCUT2D eigenvalue weighted by molar-refractivity contribution is 5.67. The lowest BCUT2D eigenvalue weighted by atomic mass is 10.00. The number of ether oxygens (including phenoxy) is 1. The van der Waals surface area contributed by atoms with E-state index in [2.05, 4.69) is 12.2 Å². The van der Waals surface area contributed by atoms with Gasteiger partial charge in [0.2, 0.25) is 0 Å². The van der Waals surface area contributed by atoms with Gasteiger partial charge in [0.1, 0.15) is 6.10 Å². The average molecular weight is 226 g/mol. The first-order valence-corrected chi connectivity index (χ1v) is 6.42. The second-order valence-corrected chi connectivity index (χ2v) is 5.02. The molecule has 0 radical (unpaired) electrons. The molecule has 1 amide bonds. The highest BCUT2D eigenvalue weighted by Gasteiger charge is 2.24.